The Morgan fingerprint density at radius 3 is 2.62 bits per heavy atom. The molecule has 0 saturated heterocycles. The highest BCUT2D eigenvalue weighted by Crippen LogP contribution is 2.38. The molecule has 106 valence electrons. The van der Waals surface area contributed by atoms with Crippen molar-refractivity contribution in [2.45, 2.75) is 13.8 Å². The molecule has 0 atom stereocenters. The van der Waals surface area contributed by atoms with E-state index in [-0.39, 0.29) is 11.6 Å². The van der Waals surface area contributed by atoms with Gasteiger partial charge in [-0.25, -0.2) is 4.39 Å². The molecule has 2 N–H and O–H groups in total. The standard InChI is InChI=1S/C17H15FN2O/c1-10-5-3-8-14(11(10)2)16-15(17(19)20-21-16)12-6-4-7-13(18)9-12/h3-9H,1-2H3,(H2,19,20). The Morgan fingerprint density at radius 1 is 1.10 bits per heavy atom. The second-order valence-electron chi connectivity index (χ2n) is 5.03. The van der Waals surface area contributed by atoms with Gasteiger partial charge >= 0.3 is 0 Å². The van der Waals surface area contributed by atoms with Crippen molar-refractivity contribution in [2.24, 2.45) is 0 Å². The molecule has 3 aromatic rings. The van der Waals surface area contributed by atoms with Gasteiger partial charge in [-0.3, -0.25) is 0 Å². The summed E-state index contributed by atoms with van der Waals surface area (Å²) in [6.07, 6.45) is 0. The minimum atomic E-state index is -0.319. The van der Waals surface area contributed by atoms with Crippen LogP contribution in [-0.2, 0) is 0 Å². The molecule has 0 saturated carbocycles. The lowest BCUT2D eigenvalue weighted by Crippen LogP contribution is -1.91. The number of rotatable bonds is 2. The minimum Gasteiger partial charge on any atom is -0.380 e. The van der Waals surface area contributed by atoms with Gasteiger partial charge in [0.2, 0.25) is 0 Å². The van der Waals surface area contributed by atoms with E-state index in [1.54, 1.807) is 12.1 Å². The quantitative estimate of drug-likeness (QED) is 0.760. The fraction of sp³-hybridized carbons (Fsp3) is 0.118. The van der Waals surface area contributed by atoms with Gasteiger partial charge < -0.3 is 10.3 Å². The van der Waals surface area contributed by atoms with Gasteiger partial charge in [-0.05, 0) is 42.7 Å². The van der Waals surface area contributed by atoms with Crippen molar-refractivity contribution in [1.29, 1.82) is 0 Å². The summed E-state index contributed by atoms with van der Waals surface area (Å²) in [6, 6.07) is 12.2. The summed E-state index contributed by atoms with van der Waals surface area (Å²) in [5.41, 5.74) is 10.4. The Labute approximate surface area is 122 Å². The Balaban J connectivity index is 2.24. The van der Waals surface area contributed by atoms with Crippen molar-refractivity contribution in [2.75, 3.05) is 5.73 Å². The summed E-state index contributed by atoms with van der Waals surface area (Å²) in [5.74, 6) is 0.510. The molecule has 3 nitrogen and oxygen atoms in total. The van der Waals surface area contributed by atoms with E-state index in [1.807, 2.05) is 32.0 Å². The predicted octanol–water partition coefficient (Wildman–Crippen LogP) is 4.35. The van der Waals surface area contributed by atoms with E-state index in [2.05, 4.69) is 5.16 Å². The van der Waals surface area contributed by atoms with Crippen LogP contribution in [0.4, 0.5) is 10.2 Å². The highest BCUT2D eigenvalue weighted by atomic mass is 19.1. The predicted molar refractivity (Wildman–Crippen MR) is 81.2 cm³/mol. The first-order valence-electron chi connectivity index (χ1n) is 6.65. The number of halogens is 1. The second-order valence-corrected chi connectivity index (χ2v) is 5.03. The molecular weight excluding hydrogens is 267 g/mol. The first-order chi connectivity index (χ1) is 10.1. The molecule has 1 heterocycles. The summed E-state index contributed by atoms with van der Waals surface area (Å²) in [7, 11) is 0. The van der Waals surface area contributed by atoms with Gasteiger partial charge in [-0.2, -0.15) is 0 Å². The van der Waals surface area contributed by atoms with Crippen molar-refractivity contribution in [3.05, 3.63) is 59.4 Å². The number of hydrogen-bond donors (Lipinski definition) is 1. The highest BCUT2D eigenvalue weighted by molar-refractivity contribution is 5.87. The summed E-state index contributed by atoms with van der Waals surface area (Å²) in [6.45, 7) is 4.04. The maximum Gasteiger partial charge on any atom is 0.177 e. The Kier molecular flexibility index (Phi) is 3.22. The van der Waals surface area contributed by atoms with Crippen molar-refractivity contribution >= 4 is 5.82 Å². The van der Waals surface area contributed by atoms with Gasteiger partial charge in [-0.1, -0.05) is 35.5 Å². The van der Waals surface area contributed by atoms with Gasteiger partial charge in [0, 0.05) is 5.56 Å². The zero-order chi connectivity index (χ0) is 15.0. The van der Waals surface area contributed by atoms with Crippen LogP contribution >= 0.6 is 0 Å². The van der Waals surface area contributed by atoms with E-state index >= 15 is 0 Å². The molecule has 0 radical (unpaired) electrons. The van der Waals surface area contributed by atoms with Crippen LogP contribution in [0.2, 0.25) is 0 Å². The molecule has 0 spiro atoms. The van der Waals surface area contributed by atoms with Crippen LogP contribution < -0.4 is 5.73 Å². The first kappa shape index (κ1) is 13.4. The second kappa shape index (κ2) is 5.05. The number of nitrogens with zero attached hydrogens (tertiary/aromatic N) is 1. The van der Waals surface area contributed by atoms with Gasteiger partial charge in [0.05, 0.1) is 5.56 Å². The third-order valence-corrected chi connectivity index (χ3v) is 3.68. The molecule has 0 fully saturated rings. The molecule has 4 heteroatoms. The number of aryl methyl sites for hydroxylation is 1. The Morgan fingerprint density at radius 2 is 1.86 bits per heavy atom. The highest BCUT2D eigenvalue weighted by Gasteiger charge is 2.19. The number of aromatic nitrogens is 1. The van der Waals surface area contributed by atoms with E-state index in [9.17, 15) is 4.39 Å². The third kappa shape index (κ3) is 2.29. The SMILES string of the molecule is Cc1cccc(-c2onc(N)c2-c2cccc(F)c2)c1C. The van der Waals surface area contributed by atoms with E-state index in [0.29, 0.717) is 16.9 Å². The van der Waals surface area contributed by atoms with Crippen molar-refractivity contribution in [1.82, 2.24) is 5.16 Å². The molecular formula is C17H15FN2O. The number of hydrogen-bond acceptors (Lipinski definition) is 3. The number of benzene rings is 2. The molecule has 0 aliphatic rings. The van der Waals surface area contributed by atoms with Crippen molar-refractivity contribution in [3.63, 3.8) is 0 Å². The maximum atomic E-state index is 13.5. The number of nitrogens with two attached hydrogens (primary N) is 1. The lowest BCUT2D eigenvalue weighted by atomic mass is 9.96. The average Bonchev–Trinajstić information content (AvgIpc) is 2.83. The summed E-state index contributed by atoms with van der Waals surface area (Å²) >= 11 is 0. The van der Waals surface area contributed by atoms with Gasteiger partial charge in [-0.15, -0.1) is 0 Å². The van der Waals surface area contributed by atoms with Crippen LogP contribution in [0.3, 0.4) is 0 Å². The zero-order valence-corrected chi connectivity index (χ0v) is 11.9. The maximum absolute atomic E-state index is 13.5. The fourth-order valence-electron chi connectivity index (χ4n) is 2.41. The monoisotopic (exact) mass is 282 g/mol. The molecule has 0 aliphatic heterocycles. The Bertz CT molecular complexity index is 808. The topological polar surface area (TPSA) is 52.0 Å². The van der Waals surface area contributed by atoms with Crippen LogP contribution in [0.5, 0.6) is 0 Å². The van der Waals surface area contributed by atoms with Crippen LogP contribution in [0, 0.1) is 19.7 Å². The van der Waals surface area contributed by atoms with E-state index in [4.69, 9.17) is 10.3 Å². The van der Waals surface area contributed by atoms with Crippen LogP contribution in [0.25, 0.3) is 22.5 Å². The van der Waals surface area contributed by atoms with Crippen LogP contribution in [0.1, 0.15) is 11.1 Å². The van der Waals surface area contributed by atoms with Crippen molar-refractivity contribution < 1.29 is 8.91 Å². The summed E-state index contributed by atoms with van der Waals surface area (Å²) in [4.78, 5) is 0. The van der Waals surface area contributed by atoms with E-state index in [1.165, 1.54) is 12.1 Å². The molecule has 0 aliphatic carbocycles. The Hall–Kier alpha value is -2.62. The van der Waals surface area contributed by atoms with E-state index in [0.717, 1.165) is 16.7 Å². The normalized spacial score (nSPS) is 10.8. The molecule has 0 bridgehead atoms. The lowest BCUT2D eigenvalue weighted by molar-refractivity contribution is 0.436. The average molecular weight is 282 g/mol. The van der Waals surface area contributed by atoms with Gasteiger partial charge in [0.25, 0.3) is 0 Å². The van der Waals surface area contributed by atoms with Crippen LogP contribution in [0.15, 0.2) is 47.0 Å². The third-order valence-electron chi connectivity index (χ3n) is 3.68. The summed E-state index contributed by atoms with van der Waals surface area (Å²) in [5, 5.41) is 3.85. The summed E-state index contributed by atoms with van der Waals surface area (Å²) < 4.78 is 18.9. The van der Waals surface area contributed by atoms with Crippen LogP contribution in [-0.4, -0.2) is 5.16 Å². The number of nitrogen functional groups attached to an aromatic ring is 1. The molecule has 21 heavy (non-hydrogen) atoms. The lowest BCUT2D eigenvalue weighted by Gasteiger charge is -2.08. The number of anilines is 1. The fourth-order valence-corrected chi connectivity index (χ4v) is 2.41. The van der Waals surface area contributed by atoms with Gasteiger partial charge in [0.15, 0.2) is 11.6 Å². The molecule has 2 aromatic carbocycles. The smallest absolute Gasteiger partial charge is 0.177 e. The minimum absolute atomic E-state index is 0.261. The van der Waals surface area contributed by atoms with Gasteiger partial charge in [0.1, 0.15) is 5.82 Å². The molecule has 1 aromatic heterocycles. The largest absolute Gasteiger partial charge is 0.380 e. The van der Waals surface area contributed by atoms with E-state index < -0.39 is 0 Å². The molecule has 0 unspecified atom stereocenters. The van der Waals surface area contributed by atoms with Crippen molar-refractivity contribution in [3.8, 4) is 22.5 Å². The molecule has 0 amide bonds. The zero-order valence-electron chi connectivity index (χ0n) is 11.9. The first-order valence-corrected chi connectivity index (χ1v) is 6.65. The molecule has 3 rings (SSSR count).